The molecule has 1 N–H and O–H groups in total. The lowest BCUT2D eigenvalue weighted by Gasteiger charge is -2.44. The molecule has 1 saturated heterocycles. The number of hydrogen-bond donors (Lipinski definition) is 1. The van der Waals surface area contributed by atoms with Crippen LogP contribution >= 0.6 is 0 Å². The van der Waals surface area contributed by atoms with Gasteiger partial charge in [0.25, 0.3) is 0 Å². The fraction of sp³-hybridized carbons (Fsp3) is 1.00. The molecular weight excluding hydrogens is 210 g/mol. The van der Waals surface area contributed by atoms with Crippen molar-refractivity contribution in [3.63, 3.8) is 0 Å². The highest BCUT2D eigenvalue weighted by Gasteiger charge is 2.33. The summed E-state index contributed by atoms with van der Waals surface area (Å²) in [7, 11) is 0. The Labute approximate surface area is 106 Å². The average Bonchev–Trinajstić information content (AvgIpc) is 2.38. The van der Waals surface area contributed by atoms with E-state index in [0.717, 1.165) is 24.8 Å². The van der Waals surface area contributed by atoms with Gasteiger partial charge in [-0.05, 0) is 37.6 Å². The summed E-state index contributed by atoms with van der Waals surface area (Å²) in [4.78, 5) is 2.62. The Balaban J connectivity index is 1.87. The van der Waals surface area contributed by atoms with Crippen LogP contribution in [-0.4, -0.2) is 36.2 Å². The minimum atomic E-state index is 0.113. The number of piperidine rings is 1. The van der Waals surface area contributed by atoms with Crippen LogP contribution in [0.15, 0.2) is 0 Å². The monoisotopic (exact) mass is 239 g/mol. The molecule has 0 aromatic rings. The Morgan fingerprint density at radius 3 is 2.53 bits per heavy atom. The minimum absolute atomic E-state index is 0.113. The summed E-state index contributed by atoms with van der Waals surface area (Å²) in [6.45, 7) is 8.39. The van der Waals surface area contributed by atoms with Gasteiger partial charge < -0.3 is 10.0 Å². The predicted molar refractivity (Wildman–Crippen MR) is 72.0 cm³/mol. The van der Waals surface area contributed by atoms with Crippen molar-refractivity contribution in [1.82, 2.24) is 4.90 Å². The van der Waals surface area contributed by atoms with Crippen molar-refractivity contribution in [2.45, 2.75) is 52.4 Å². The first-order chi connectivity index (χ1) is 8.17. The van der Waals surface area contributed by atoms with Gasteiger partial charge in [-0.2, -0.15) is 0 Å². The molecule has 3 unspecified atom stereocenters. The zero-order valence-electron chi connectivity index (χ0n) is 11.6. The second kappa shape index (κ2) is 5.71. The van der Waals surface area contributed by atoms with E-state index in [4.69, 9.17) is 0 Å². The van der Waals surface area contributed by atoms with E-state index >= 15 is 0 Å². The van der Waals surface area contributed by atoms with E-state index in [1.165, 1.54) is 45.2 Å². The second-order valence-electron chi connectivity index (χ2n) is 6.65. The first-order valence-electron chi connectivity index (χ1n) is 7.50. The summed E-state index contributed by atoms with van der Waals surface area (Å²) in [5.41, 5.74) is 0.113. The zero-order valence-corrected chi connectivity index (χ0v) is 11.6. The van der Waals surface area contributed by atoms with Crippen molar-refractivity contribution in [2.75, 3.05) is 26.2 Å². The van der Waals surface area contributed by atoms with Gasteiger partial charge >= 0.3 is 0 Å². The number of fused-ring (bicyclic) bond motifs is 1. The fourth-order valence-corrected chi connectivity index (χ4v) is 3.63. The minimum Gasteiger partial charge on any atom is -0.396 e. The normalized spacial score (nSPS) is 34.1. The van der Waals surface area contributed by atoms with Crippen LogP contribution in [0.5, 0.6) is 0 Å². The van der Waals surface area contributed by atoms with Crippen LogP contribution in [-0.2, 0) is 0 Å². The Morgan fingerprint density at radius 1 is 1.18 bits per heavy atom. The van der Waals surface area contributed by atoms with Crippen LogP contribution < -0.4 is 0 Å². The Morgan fingerprint density at radius 2 is 1.88 bits per heavy atom. The van der Waals surface area contributed by atoms with Gasteiger partial charge in [0.1, 0.15) is 0 Å². The summed E-state index contributed by atoms with van der Waals surface area (Å²) in [5.74, 6) is 1.97. The first-order valence-corrected chi connectivity index (χ1v) is 7.50. The summed E-state index contributed by atoms with van der Waals surface area (Å²) in [6.07, 6.45) is 8.31. The molecule has 0 bridgehead atoms. The maximum Gasteiger partial charge on any atom is 0.0496 e. The second-order valence-corrected chi connectivity index (χ2v) is 6.65. The third kappa shape index (κ3) is 3.23. The van der Waals surface area contributed by atoms with Crippen molar-refractivity contribution in [3.8, 4) is 0 Å². The van der Waals surface area contributed by atoms with Gasteiger partial charge in [-0.1, -0.05) is 33.1 Å². The van der Waals surface area contributed by atoms with Gasteiger partial charge in [0.15, 0.2) is 0 Å². The Hall–Kier alpha value is -0.0800. The molecule has 2 heteroatoms. The average molecular weight is 239 g/mol. The third-order valence-corrected chi connectivity index (χ3v) is 5.22. The molecule has 0 aromatic heterocycles. The van der Waals surface area contributed by atoms with Crippen LogP contribution in [0.2, 0.25) is 0 Å². The van der Waals surface area contributed by atoms with E-state index < -0.39 is 0 Å². The summed E-state index contributed by atoms with van der Waals surface area (Å²) < 4.78 is 0. The van der Waals surface area contributed by atoms with Crippen LogP contribution in [0.1, 0.15) is 52.4 Å². The number of nitrogens with zero attached hydrogens (tertiary/aromatic N) is 1. The van der Waals surface area contributed by atoms with Gasteiger partial charge in [-0.15, -0.1) is 0 Å². The van der Waals surface area contributed by atoms with Crippen LogP contribution in [0, 0.1) is 17.3 Å². The predicted octanol–water partition coefficient (Wildman–Crippen LogP) is 2.91. The molecule has 0 amide bonds. The number of likely N-dealkylation sites (tertiary alicyclic amines) is 1. The number of rotatable bonds is 4. The first kappa shape index (κ1) is 13.4. The van der Waals surface area contributed by atoms with Crippen molar-refractivity contribution >= 4 is 0 Å². The van der Waals surface area contributed by atoms with Crippen molar-refractivity contribution < 1.29 is 5.11 Å². The number of hydrogen-bond acceptors (Lipinski definition) is 2. The summed E-state index contributed by atoms with van der Waals surface area (Å²) >= 11 is 0. The quantitative estimate of drug-likeness (QED) is 0.815. The van der Waals surface area contributed by atoms with E-state index in [9.17, 15) is 5.11 Å². The highest BCUT2D eigenvalue weighted by molar-refractivity contribution is 4.86. The molecule has 2 nitrogen and oxygen atoms in total. The number of aliphatic hydroxyl groups excluding tert-OH is 1. The molecule has 1 heterocycles. The van der Waals surface area contributed by atoms with Gasteiger partial charge in [0.2, 0.25) is 0 Å². The molecule has 1 aliphatic heterocycles. The molecule has 3 atom stereocenters. The molecule has 17 heavy (non-hydrogen) atoms. The van der Waals surface area contributed by atoms with Crippen molar-refractivity contribution in [1.29, 1.82) is 0 Å². The van der Waals surface area contributed by atoms with Crippen LogP contribution in [0.4, 0.5) is 0 Å². The lowest BCUT2D eigenvalue weighted by atomic mass is 9.74. The molecule has 0 spiro atoms. The molecular formula is C15H29NO. The van der Waals surface area contributed by atoms with Gasteiger partial charge in [0.05, 0.1) is 0 Å². The SMILES string of the molecule is CCC(C)(CO)CN1CCC2CCCCC2C1. The molecule has 2 rings (SSSR count). The molecule has 1 aliphatic carbocycles. The Bertz CT molecular complexity index is 237. The number of aliphatic hydroxyl groups is 1. The van der Waals surface area contributed by atoms with Crippen LogP contribution in [0.3, 0.4) is 0 Å². The summed E-state index contributed by atoms with van der Waals surface area (Å²) in [6, 6.07) is 0. The standard InChI is InChI=1S/C15H29NO/c1-3-15(2,12-17)11-16-9-8-13-6-4-5-7-14(13)10-16/h13-14,17H,3-12H2,1-2H3. The van der Waals surface area contributed by atoms with Gasteiger partial charge in [0, 0.05) is 25.1 Å². The molecule has 100 valence electrons. The topological polar surface area (TPSA) is 23.5 Å². The molecule has 0 radical (unpaired) electrons. The van der Waals surface area contributed by atoms with Gasteiger partial charge in [-0.25, -0.2) is 0 Å². The van der Waals surface area contributed by atoms with E-state index in [1.807, 2.05) is 0 Å². The maximum absolute atomic E-state index is 9.52. The van der Waals surface area contributed by atoms with E-state index in [1.54, 1.807) is 0 Å². The molecule has 2 fully saturated rings. The molecule has 1 saturated carbocycles. The largest absolute Gasteiger partial charge is 0.396 e. The van der Waals surface area contributed by atoms with Crippen LogP contribution in [0.25, 0.3) is 0 Å². The summed E-state index contributed by atoms with van der Waals surface area (Å²) in [5, 5.41) is 9.52. The highest BCUT2D eigenvalue weighted by Crippen LogP contribution is 2.37. The Kier molecular flexibility index (Phi) is 4.48. The molecule has 2 aliphatic rings. The van der Waals surface area contributed by atoms with Crippen molar-refractivity contribution in [2.24, 2.45) is 17.3 Å². The van der Waals surface area contributed by atoms with E-state index in [-0.39, 0.29) is 5.41 Å². The lowest BCUT2D eigenvalue weighted by molar-refractivity contribution is 0.0321. The smallest absolute Gasteiger partial charge is 0.0496 e. The third-order valence-electron chi connectivity index (χ3n) is 5.22. The van der Waals surface area contributed by atoms with Gasteiger partial charge in [-0.3, -0.25) is 0 Å². The highest BCUT2D eigenvalue weighted by atomic mass is 16.3. The van der Waals surface area contributed by atoms with Crippen molar-refractivity contribution in [3.05, 3.63) is 0 Å². The fourth-order valence-electron chi connectivity index (χ4n) is 3.63. The van der Waals surface area contributed by atoms with E-state index in [2.05, 4.69) is 18.7 Å². The maximum atomic E-state index is 9.52. The molecule has 0 aromatic carbocycles. The zero-order chi connectivity index (χ0) is 12.3. The lowest BCUT2D eigenvalue weighted by Crippen LogP contribution is -2.46. The van der Waals surface area contributed by atoms with E-state index in [0.29, 0.717) is 6.61 Å².